The van der Waals surface area contributed by atoms with Crippen molar-refractivity contribution in [2.45, 2.75) is 27.7 Å². The standard InChI is InChI=1S/C8H18N4.2ClH/c1-7(2,5(9)10)8(3,4)6(11)12;;/h1-4H3,(H3,9,10)(H3,11,12);2*1H. The lowest BCUT2D eigenvalue weighted by molar-refractivity contribution is 0.279. The molecule has 0 radical (unpaired) electrons. The summed E-state index contributed by atoms with van der Waals surface area (Å²) in [7, 11) is 0. The molecule has 0 unspecified atom stereocenters. The van der Waals surface area contributed by atoms with Crippen molar-refractivity contribution in [3.8, 4) is 0 Å². The molecular weight excluding hydrogens is 223 g/mol. The van der Waals surface area contributed by atoms with Gasteiger partial charge in [0.1, 0.15) is 0 Å². The normalized spacial score (nSPS) is 10.9. The molecule has 0 saturated carbocycles. The molecule has 0 bridgehead atoms. The Kier molecular flexibility index (Phi) is 7.40. The van der Waals surface area contributed by atoms with E-state index in [4.69, 9.17) is 22.3 Å². The van der Waals surface area contributed by atoms with Gasteiger partial charge in [0.15, 0.2) is 0 Å². The van der Waals surface area contributed by atoms with Gasteiger partial charge in [0.2, 0.25) is 0 Å². The first-order valence-corrected chi connectivity index (χ1v) is 3.83. The summed E-state index contributed by atoms with van der Waals surface area (Å²) in [5.74, 6) is 0.116. The molecule has 0 aliphatic carbocycles. The molecule has 0 fully saturated rings. The number of amidine groups is 2. The van der Waals surface area contributed by atoms with Crippen LogP contribution < -0.4 is 11.5 Å². The fraction of sp³-hybridized carbons (Fsp3) is 0.750. The lowest BCUT2D eigenvalue weighted by Crippen LogP contribution is -2.50. The Bertz CT molecular complexity index is 199. The van der Waals surface area contributed by atoms with Gasteiger partial charge in [0.25, 0.3) is 0 Å². The first kappa shape index (κ1) is 19.1. The maximum Gasteiger partial charge on any atom is 0.0973 e. The molecule has 6 heteroatoms. The Morgan fingerprint density at radius 1 is 0.786 bits per heavy atom. The number of hydrogen-bond acceptors (Lipinski definition) is 2. The van der Waals surface area contributed by atoms with E-state index in [0.717, 1.165) is 0 Å². The maximum atomic E-state index is 7.37. The third-order valence-electron chi connectivity index (χ3n) is 2.91. The number of nitrogens with one attached hydrogen (secondary N) is 2. The molecule has 6 N–H and O–H groups in total. The van der Waals surface area contributed by atoms with Crippen LogP contribution in [0.25, 0.3) is 0 Å². The first-order chi connectivity index (χ1) is 5.14. The highest BCUT2D eigenvalue weighted by Gasteiger charge is 2.42. The van der Waals surface area contributed by atoms with Gasteiger partial charge in [-0.1, -0.05) is 27.7 Å². The van der Waals surface area contributed by atoms with Crippen LogP contribution in [0.2, 0.25) is 0 Å². The van der Waals surface area contributed by atoms with Crippen LogP contribution in [0.5, 0.6) is 0 Å². The summed E-state index contributed by atoms with van der Waals surface area (Å²) in [5, 5.41) is 14.7. The third kappa shape index (κ3) is 3.03. The zero-order chi connectivity index (χ0) is 10.2. The summed E-state index contributed by atoms with van der Waals surface area (Å²) in [4.78, 5) is 0. The molecule has 0 amide bonds. The van der Waals surface area contributed by atoms with Crippen LogP contribution in [0.15, 0.2) is 0 Å². The van der Waals surface area contributed by atoms with Crippen LogP contribution in [-0.4, -0.2) is 11.7 Å². The third-order valence-corrected chi connectivity index (χ3v) is 2.91. The van der Waals surface area contributed by atoms with Crippen LogP contribution in [-0.2, 0) is 0 Å². The number of nitrogens with two attached hydrogens (primary N) is 2. The minimum absolute atomic E-state index is 0. The Balaban J connectivity index is -0.000000605. The van der Waals surface area contributed by atoms with E-state index in [-0.39, 0.29) is 36.5 Å². The second-order valence-corrected chi connectivity index (χ2v) is 4.08. The molecule has 0 aliphatic heterocycles. The summed E-state index contributed by atoms with van der Waals surface area (Å²) in [5.41, 5.74) is 9.71. The van der Waals surface area contributed by atoms with E-state index < -0.39 is 10.8 Å². The summed E-state index contributed by atoms with van der Waals surface area (Å²) in [6.45, 7) is 7.26. The van der Waals surface area contributed by atoms with Gasteiger partial charge in [0.05, 0.1) is 11.7 Å². The van der Waals surface area contributed by atoms with Crippen molar-refractivity contribution < 1.29 is 0 Å². The van der Waals surface area contributed by atoms with E-state index in [1.54, 1.807) is 0 Å². The maximum absolute atomic E-state index is 7.37. The molecular formula is C8H20Cl2N4. The Labute approximate surface area is 97.7 Å². The molecule has 0 aromatic carbocycles. The highest BCUT2D eigenvalue weighted by molar-refractivity contribution is 5.93. The predicted molar refractivity (Wildman–Crippen MR) is 65.9 cm³/mol. The van der Waals surface area contributed by atoms with E-state index in [0.29, 0.717) is 0 Å². The van der Waals surface area contributed by atoms with Crippen molar-refractivity contribution in [1.82, 2.24) is 0 Å². The van der Waals surface area contributed by atoms with Gasteiger partial charge in [0, 0.05) is 10.8 Å². The minimum Gasteiger partial charge on any atom is -0.387 e. The van der Waals surface area contributed by atoms with Crippen LogP contribution in [0.4, 0.5) is 0 Å². The highest BCUT2D eigenvalue weighted by Crippen LogP contribution is 2.37. The Morgan fingerprint density at radius 2 is 0.929 bits per heavy atom. The summed E-state index contributed by atoms with van der Waals surface area (Å²) >= 11 is 0. The van der Waals surface area contributed by atoms with Crippen molar-refractivity contribution in [3.05, 3.63) is 0 Å². The molecule has 0 aromatic heterocycles. The van der Waals surface area contributed by atoms with Crippen molar-refractivity contribution in [2.75, 3.05) is 0 Å². The van der Waals surface area contributed by atoms with Gasteiger partial charge in [-0.2, -0.15) is 0 Å². The molecule has 0 rings (SSSR count). The van der Waals surface area contributed by atoms with Crippen LogP contribution in [0, 0.1) is 21.6 Å². The van der Waals surface area contributed by atoms with E-state index in [1.807, 2.05) is 27.7 Å². The van der Waals surface area contributed by atoms with Crippen molar-refractivity contribution in [2.24, 2.45) is 22.3 Å². The Morgan fingerprint density at radius 3 is 1.00 bits per heavy atom. The molecule has 0 aromatic rings. The fourth-order valence-corrected chi connectivity index (χ4v) is 0.673. The Hall–Kier alpha value is -0.480. The van der Waals surface area contributed by atoms with E-state index in [1.165, 1.54) is 0 Å². The lowest BCUT2D eigenvalue weighted by atomic mass is 9.66. The van der Waals surface area contributed by atoms with Gasteiger partial charge in [-0.25, -0.2) is 0 Å². The second-order valence-electron chi connectivity index (χ2n) is 4.08. The molecule has 0 heterocycles. The predicted octanol–water partition coefficient (Wildman–Crippen LogP) is 1.75. The minimum atomic E-state index is -0.571. The smallest absolute Gasteiger partial charge is 0.0973 e. The quantitative estimate of drug-likeness (QED) is 0.448. The van der Waals surface area contributed by atoms with Gasteiger partial charge < -0.3 is 11.5 Å². The average molecular weight is 243 g/mol. The molecule has 14 heavy (non-hydrogen) atoms. The van der Waals surface area contributed by atoms with Crippen LogP contribution in [0.3, 0.4) is 0 Å². The molecule has 0 saturated heterocycles. The van der Waals surface area contributed by atoms with E-state index >= 15 is 0 Å². The molecule has 4 nitrogen and oxygen atoms in total. The van der Waals surface area contributed by atoms with E-state index in [2.05, 4.69) is 0 Å². The van der Waals surface area contributed by atoms with Crippen LogP contribution in [0.1, 0.15) is 27.7 Å². The summed E-state index contributed by atoms with van der Waals surface area (Å²) in [6, 6.07) is 0. The van der Waals surface area contributed by atoms with Gasteiger partial charge in [-0.05, 0) is 0 Å². The van der Waals surface area contributed by atoms with Gasteiger partial charge >= 0.3 is 0 Å². The molecule has 0 spiro atoms. The van der Waals surface area contributed by atoms with Gasteiger partial charge in [-0.15, -0.1) is 24.8 Å². The second kappa shape index (κ2) is 5.41. The monoisotopic (exact) mass is 242 g/mol. The fourth-order valence-electron chi connectivity index (χ4n) is 0.673. The summed E-state index contributed by atoms with van der Waals surface area (Å²) < 4.78 is 0. The molecule has 86 valence electrons. The molecule has 0 aliphatic rings. The van der Waals surface area contributed by atoms with E-state index in [9.17, 15) is 0 Å². The SMILES string of the molecule is CC(C)(C(=N)N)C(C)(C)C(=N)N.Cl.Cl. The van der Waals surface area contributed by atoms with Gasteiger partial charge in [-0.3, -0.25) is 10.8 Å². The topological polar surface area (TPSA) is 99.7 Å². The van der Waals surface area contributed by atoms with Crippen molar-refractivity contribution in [3.63, 3.8) is 0 Å². The zero-order valence-electron chi connectivity index (χ0n) is 8.97. The zero-order valence-corrected chi connectivity index (χ0v) is 10.6. The number of rotatable bonds is 3. The lowest BCUT2D eigenvalue weighted by Gasteiger charge is -2.39. The number of hydrogen-bond donors (Lipinski definition) is 4. The summed E-state index contributed by atoms with van der Waals surface area (Å²) in [6.07, 6.45) is 0. The van der Waals surface area contributed by atoms with Crippen molar-refractivity contribution >= 4 is 36.5 Å². The number of halogens is 2. The van der Waals surface area contributed by atoms with Crippen LogP contribution >= 0.6 is 24.8 Å². The highest BCUT2D eigenvalue weighted by atomic mass is 35.5. The first-order valence-electron chi connectivity index (χ1n) is 3.83. The largest absolute Gasteiger partial charge is 0.387 e. The molecule has 0 atom stereocenters. The average Bonchev–Trinajstić information content (AvgIpc) is 1.86. The van der Waals surface area contributed by atoms with Crippen molar-refractivity contribution in [1.29, 1.82) is 10.8 Å².